The first kappa shape index (κ1) is 16.4. The van der Waals surface area contributed by atoms with Crippen molar-refractivity contribution in [3.05, 3.63) is 34.7 Å². The van der Waals surface area contributed by atoms with Crippen molar-refractivity contribution in [3.8, 4) is 12.1 Å². The zero-order valence-corrected chi connectivity index (χ0v) is 12.9. The number of allylic oxidation sites excluding steroid dienone is 6. The molecule has 0 saturated carbocycles. The Hall–Kier alpha value is -1.65. The number of rotatable bonds is 6. The third-order valence-electron chi connectivity index (χ3n) is 2.90. The van der Waals surface area contributed by atoms with Crippen LogP contribution in [0.1, 0.15) is 13.8 Å². The van der Waals surface area contributed by atoms with Crippen molar-refractivity contribution in [3.63, 3.8) is 0 Å². The Morgan fingerprint density at radius 3 is 2.25 bits per heavy atom. The molecule has 0 aromatic heterocycles. The SMILES string of the molecule is CC1=CC(=C(C#N)C#N)C=C(C)N1CCOCCOP. The summed E-state index contributed by atoms with van der Waals surface area (Å²) in [7, 11) is 2.19. The van der Waals surface area contributed by atoms with Gasteiger partial charge in [0.15, 0.2) is 0 Å². The van der Waals surface area contributed by atoms with E-state index in [1.54, 1.807) is 0 Å². The van der Waals surface area contributed by atoms with Gasteiger partial charge in [-0.25, -0.2) is 0 Å². The average Bonchev–Trinajstić information content (AvgIpc) is 2.42. The van der Waals surface area contributed by atoms with E-state index in [4.69, 9.17) is 19.8 Å². The molecule has 0 aromatic carbocycles. The molecule has 106 valence electrons. The molecule has 5 nitrogen and oxygen atoms in total. The first-order valence-corrected chi connectivity index (χ1v) is 6.69. The lowest BCUT2D eigenvalue weighted by atomic mass is 10.0. The van der Waals surface area contributed by atoms with Crippen molar-refractivity contribution in [2.45, 2.75) is 13.8 Å². The lowest BCUT2D eigenvalue weighted by Gasteiger charge is -2.29. The minimum absolute atomic E-state index is 0.136. The minimum atomic E-state index is 0.136. The molecule has 0 amide bonds. The van der Waals surface area contributed by atoms with Crippen LogP contribution >= 0.6 is 9.47 Å². The number of nitriles is 2. The number of ether oxygens (including phenoxy) is 1. The third kappa shape index (κ3) is 4.47. The molecule has 1 rings (SSSR count). The fourth-order valence-electron chi connectivity index (χ4n) is 1.94. The number of hydrogen-bond acceptors (Lipinski definition) is 5. The summed E-state index contributed by atoms with van der Waals surface area (Å²) in [5.74, 6) is 0. The predicted octanol–water partition coefficient (Wildman–Crippen LogP) is 2.28. The molecule has 1 unspecified atom stereocenters. The molecular formula is C14H18N3O2P. The standard InChI is InChI=1S/C14H18N3O2P/c1-11-7-13(14(9-15)10-16)8-12(2)17(11)3-4-18-5-6-19-20/h7-8H,3-6,20H2,1-2H3. The summed E-state index contributed by atoms with van der Waals surface area (Å²) in [6, 6.07) is 3.83. The quantitative estimate of drug-likeness (QED) is 0.426. The minimum Gasteiger partial charge on any atom is -0.377 e. The number of hydrogen-bond donors (Lipinski definition) is 0. The van der Waals surface area contributed by atoms with Gasteiger partial charge >= 0.3 is 0 Å². The summed E-state index contributed by atoms with van der Waals surface area (Å²) in [5.41, 5.74) is 2.79. The molecule has 1 aliphatic heterocycles. The molecule has 1 atom stereocenters. The van der Waals surface area contributed by atoms with Crippen molar-refractivity contribution >= 4 is 9.47 Å². The molecule has 0 saturated heterocycles. The van der Waals surface area contributed by atoms with Crippen LogP contribution in [-0.2, 0) is 9.26 Å². The lowest BCUT2D eigenvalue weighted by molar-refractivity contribution is 0.0961. The summed E-state index contributed by atoms with van der Waals surface area (Å²) in [5, 5.41) is 17.8. The fourth-order valence-corrected chi connectivity index (χ4v) is 2.04. The summed E-state index contributed by atoms with van der Waals surface area (Å²) in [4.78, 5) is 2.09. The molecule has 0 spiro atoms. The second kappa shape index (κ2) is 8.51. The number of nitrogens with zero attached hydrogens (tertiary/aromatic N) is 3. The van der Waals surface area contributed by atoms with Gasteiger partial charge in [-0.3, -0.25) is 0 Å². The van der Waals surface area contributed by atoms with E-state index in [1.807, 2.05) is 38.1 Å². The molecule has 0 N–H and O–H groups in total. The smallest absolute Gasteiger partial charge is 0.137 e. The highest BCUT2D eigenvalue weighted by atomic mass is 31.0. The second-order valence-electron chi connectivity index (χ2n) is 4.26. The average molecular weight is 291 g/mol. The molecular weight excluding hydrogens is 273 g/mol. The fraction of sp³-hybridized carbons (Fsp3) is 0.429. The Balaban J connectivity index is 2.69. The van der Waals surface area contributed by atoms with Gasteiger partial charge in [-0.15, -0.1) is 0 Å². The van der Waals surface area contributed by atoms with Crippen LogP contribution in [0, 0.1) is 22.7 Å². The van der Waals surface area contributed by atoms with Crippen molar-refractivity contribution in [1.29, 1.82) is 10.5 Å². The van der Waals surface area contributed by atoms with Crippen LogP contribution < -0.4 is 0 Å². The Morgan fingerprint density at radius 2 is 1.75 bits per heavy atom. The van der Waals surface area contributed by atoms with Crippen molar-refractivity contribution in [2.24, 2.45) is 0 Å². The van der Waals surface area contributed by atoms with Crippen molar-refractivity contribution in [2.75, 3.05) is 26.4 Å². The highest BCUT2D eigenvalue weighted by Crippen LogP contribution is 2.24. The van der Waals surface area contributed by atoms with Crippen molar-refractivity contribution < 1.29 is 9.26 Å². The molecule has 0 aromatic rings. The molecule has 0 bridgehead atoms. The van der Waals surface area contributed by atoms with E-state index < -0.39 is 0 Å². The first-order chi connectivity index (χ1) is 9.63. The van der Waals surface area contributed by atoms with Crippen LogP contribution in [0.2, 0.25) is 0 Å². The second-order valence-corrected chi connectivity index (χ2v) is 4.59. The highest BCUT2D eigenvalue weighted by molar-refractivity contribution is 7.09. The van der Waals surface area contributed by atoms with Crippen LogP contribution in [0.4, 0.5) is 0 Å². The van der Waals surface area contributed by atoms with E-state index in [2.05, 4.69) is 14.4 Å². The summed E-state index contributed by atoms with van der Waals surface area (Å²) in [6.07, 6.45) is 3.70. The Kier molecular flexibility index (Phi) is 6.98. The van der Waals surface area contributed by atoms with E-state index >= 15 is 0 Å². The maximum Gasteiger partial charge on any atom is 0.137 e. The highest BCUT2D eigenvalue weighted by Gasteiger charge is 2.15. The normalized spacial score (nSPS) is 14.2. The molecule has 0 aliphatic carbocycles. The van der Waals surface area contributed by atoms with Gasteiger partial charge in [0, 0.05) is 33.0 Å². The van der Waals surface area contributed by atoms with Gasteiger partial charge in [-0.05, 0) is 26.0 Å². The molecule has 20 heavy (non-hydrogen) atoms. The van der Waals surface area contributed by atoms with Gasteiger partial charge in [-0.1, -0.05) is 0 Å². The monoisotopic (exact) mass is 291 g/mol. The van der Waals surface area contributed by atoms with Crippen LogP contribution in [0.15, 0.2) is 34.7 Å². The van der Waals surface area contributed by atoms with Gasteiger partial charge in [0.1, 0.15) is 17.7 Å². The molecule has 1 aliphatic rings. The van der Waals surface area contributed by atoms with Gasteiger partial charge in [0.2, 0.25) is 0 Å². The van der Waals surface area contributed by atoms with Crippen LogP contribution in [0.3, 0.4) is 0 Å². The molecule has 1 heterocycles. The Bertz CT molecular complexity index is 486. The van der Waals surface area contributed by atoms with Crippen molar-refractivity contribution in [1.82, 2.24) is 4.90 Å². The van der Waals surface area contributed by atoms with Gasteiger partial charge in [0.25, 0.3) is 0 Å². The van der Waals surface area contributed by atoms with Crippen LogP contribution in [-0.4, -0.2) is 31.3 Å². The molecule has 0 radical (unpaired) electrons. The molecule has 6 heteroatoms. The summed E-state index contributed by atoms with van der Waals surface area (Å²) < 4.78 is 10.3. The first-order valence-electron chi connectivity index (χ1n) is 6.22. The largest absolute Gasteiger partial charge is 0.377 e. The van der Waals surface area contributed by atoms with Gasteiger partial charge in [-0.2, -0.15) is 10.5 Å². The van der Waals surface area contributed by atoms with Gasteiger partial charge < -0.3 is 14.2 Å². The van der Waals surface area contributed by atoms with Gasteiger partial charge in [0.05, 0.1) is 19.8 Å². The zero-order valence-electron chi connectivity index (χ0n) is 11.7. The van der Waals surface area contributed by atoms with E-state index in [1.165, 1.54) is 0 Å². The maximum absolute atomic E-state index is 8.90. The third-order valence-corrected chi connectivity index (χ3v) is 3.13. The van der Waals surface area contributed by atoms with E-state index in [-0.39, 0.29) is 5.57 Å². The summed E-state index contributed by atoms with van der Waals surface area (Å²) >= 11 is 0. The Morgan fingerprint density at radius 1 is 1.15 bits per heavy atom. The van der Waals surface area contributed by atoms with E-state index in [0.29, 0.717) is 25.4 Å². The Labute approximate surface area is 122 Å². The summed E-state index contributed by atoms with van der Waals surface area (Å²) in [6.45, 7) is 6.33. The predicted molar refractivity (Wildman–Crippen MR) is 79.0 cm³/mol. The molecule has 0 fully saturated rings. The topological polar surface area (TPSA) is 69.3 Å². The zero-order chi connectivity index (χ0) is 15.0. The maximum atomic E-state index is 8.90. The van der Waals surface area contributed by atoms with Crippen LogP contribution in [0.5, 0.6) is 0 Å². The van der Waals surface area contributed by atoms with E-state index in [9.17, 15) is 0 Å². The van der Waals surface area contributed by atoms with Crippen LogP contribution in [0.25, 0.3) is 0 Å². The van der Waals surface area contributed by atoms with E-state index in [0.717, 1.165) is 17.9 Å². The lowest BCUT2D eigenvalue weighted by Crippen LogP contribution is -2.26.